The number of rotatable bonds is 2. The van der Waals surface area contributed by atoms with Gasteiger partial charge in [-0.25, -0.2) is 4.98 Å². The van der Waals surface area contributed by atoms with E-state index in [1.807, 2.05) is 13.0 Å². The summed E-state index contributed by atoms with van der Waals surface area (Å²) in [6, 6.07) is 3.70. The number of pyridine rings is 1. The highest BCUT2D eigenvalue weighted by atomic mass is 32.2. The zero-order chi connectivity index (χ0) is 14.3. The minimum atomic E-state index is -0.882. The van der Waals surface area contributed by atoms with Crippen LogP contribution in [0.5, 0.6) is 5.88 Å². The molecule has 0 aliphatic carbocycles. The number of aliphatic hydroxyl groups is 1. The van der Waals surface area contributed by atoms with Crippen LogP contribution in [0.15, 0.2) is 12.1 Å². The molecule has 1 N–H and O–H groups in total. The fourth-order valence-corrected chi connectivity index (χ4v) is 5.87. The number of aromatic nitrogens is 1. The molecule has 0 aromatic carbocycles. The molecule has 20 heavy (non-hydrogen) atoms. The van der Waals surface area contributed by atoms with Crippen molar-refractivity contribution in [3.63, 3.8) is 0 Å². The van der Waals surface area contributed by atoms with Gasteiger partial charge in [0, 0.05) is 38.6 Å². The molecule has 0 radical (unpaired) electrons. The second kappa shape index (κ2) is 5.11. The van der Waals surface area contributed by atoms with Gasteiger partial charge in [-0.3, -0.25) is 4.21 Å². The number of aryl methyl sites for hydroxylation is 1. The van der Waals surface area contributed by atoms with Gasteiger partial charge in [-0.1, -0.05) is 6.42 Å². The van der Waals surface area contributed by atoms with Crippen LogP contribution in [0.1, 0.15) is 43.4 Å². The van der Waals surface area contributed by atoms with Crippen molar-refractivity contribution in [1.29, 1.82) is 0 Å². The lowest BCUT2D eigenvalue weighted by Crippen LogP contribution is -2.47. The molecule has 2 fully saturated rings. The average Bonchev–Trinajstić information content (AvgIpc) is 2.40. The molecule has 1 aromatic rings. The molecule has 5 heteroatoms. The quantitative estimate of drug-likeness (QED) is 0.907. The molecule has 0 saturated carbocycles. The number of hydrogen-bond donors (Lipinski definition) is 1. The standard InChI is InChI=1S/C15H21NO3S/c1-10-13(6-7-14(16-10)19-2)15(17)8-11-4-3-5-12(9-15)20(11)18/h6-7,11-12,17H,3-5,8-9H2,1-2H3. The normalized spacial score (nSPS) is 36.6. The molecule has 2 unspecified atom stereocenters. The van der Waals surface area contributed by atoms with E-state index in [-0.39, 0.29) is 10.5 Å². The fraction of sp³-hybridized carbons (Fsp3) is 0.667. The second-order valence-electron chi connectivity index (χ2n) is 5.93. The molecular formula is C15H21NO3S. The monoisotopic (exact) mass is 295 g/mol. The zero-order valence-electron chi connectivity index (χ0n) is 12.0. The lowest BCUT2D eigenvalue weighted by molar-refractivity contribution is 0.00556. The lowest BCUT2D eigenvalue weighted by Gasteiger charge is -2.44. The van der Waals surface area contributed by atoms with Crippen LogP contribution in [0.4, 0.5) is 0 Å². The van der Waals surface area contributed by atoms with Gasteiger partial charge in [0.15, 0.2) is 0 Å². The summed E-state index contributed by atoms with van der Waals surface area (Å²) in [5, 5.41) is 11.4. The highest BCUT2D eigenvalue weighted by Crippen LogP contribution is 2.45. The first-order valence-corrected chi connectivity index (χ1v) is 8.45. The van der Waals surface area contributed by atoms with Gasteiger partial charge in [0.2, 0.25) is 5.88 Å². The molecule has 2 saturated heterocycles. The number of nitrogens with zero attached hydrogens (tertiary/aromatic N) is 1. The molecule has 110 valence electrons. The van der Waals surface area contributed by atoms with Crippen molar-refractivity contribution in [1.82, 2.24) is 4.98 Å². The third kappa shape index (κ3) is 2.27. The summed E-state index contributed by atoms with van der Waals surface area (Å²) in [6.45, 7) is 1.90. The molecule has 2 atom stereocenters. The molecule has 1 aromatic heterocycles. The van der Waals surface area contributed by atoms with Crippen LogP contribution >= 0.6 is 0 Å². The van der Waals surface area contributed by atoms with E-state index >= 15 is 0 Å². The van der Waals surface area contributed by atoms with Crippen LogP contribution < -0.4 is 4.74 Å². The van der Waals surface area contributed by atoms with E-state index in [1.54, 1.807) is 13.2 Å². The number of ether oxygens (including phenoxy) is 1. The van der Waals surface area contributed by atoms with Crippen LogP contribution in [-0.4, -0.2) is 31.9 Å². The first kappa shape index (κ1) is 14.0. The molecule has 2 bridgehead atoms. The van der Waals surface area contributed by atoms with E-state index in [9.17, 15) is 9.32 Å². The minimum absolute atomic E-state index is 0.133. The third-order valence-electron chi connectivity index (χ3n) is 4.61. The van der Waals surface area contributed by atoms with E-state index < -0.39 is 16.4 Å². The summed E-state index contributed by atoms with van der Waals surface area (Å²) < 4.78 is 17.4. The van der Waals surface area contributed by atoms with Crippen LogP contribution in [0, 0.1) is 6.92 Å². The average molecular weight is 295 g/mol. The number of methoxy groups -OCH3 is 1. The molecule has 3 heterocycles. The Kier molecular flexibility index (Phi) is 3.58. The van der Waals surface area contributed by atoms with Gasteiger partial charge in [-0.05, 0) is 38.7 Å². The highest BCUT2D eigenvalue weighted by molar-refractivity contribution is 7.86. The van der Waals surface area contributed by atoms with Gasteiger partial charge in [0.1, 0.15) is 0 Å². The first-order chi connectivity index (χ1) is 9.53. The van der Waals surface area contributed by atoms with Gasteiger partial charge in [-0.15, -0.1) is 0 Å². The molecule has 0 amide bonds. The Balaban J connectivity index is 1.95. The summed E-state index contributed by atoms with van der Waals surface area (Å²) in [5.74, 6) is 0.564. The van der Waals surface area contributed by atoms with Crippen molar-refractivity contribution in [2.45, 2.75) is 55.1 Å². The molecule has 2 aliphatic rings. The van der Waals surface area contributed by atoms with E-state index in [0.717, 1.165) is 30.5 Å². The maximum absolute atomic E-state index is 12.3. The van der Waals surface area contributed by atoms with Crippen molar-refractivity contribution in [3.05, 3.63) is 23.4 Å². The highest BCUT2D eigenvalue weighted by Gasteiger charge is 2.47. The third-order valence-corrected chi connectivity index (χ3v) is 6.73. The fourth-order valence-electron chi connectivity index (χ4n) is 3.65. The van der Waals surface area contributed by atoms with Gasteiger partial charge in [0.25, 0.3) is 0 Å². The van der Waals surface area contributed by atoms with E-state index in [2.05, 4.69) is 4.98 Å². The largest absolute Gasteiger partial charge is 0.481 e. The molecule has 4 nitrogen and oxygen atoms in total. The number of fused-ring (bicyclic) bond motifs is 2. The minimum Gasteiger partial charge on any atom is -0.481 e. The first-order valence-electron chi connectivity index (χ1n) is 7.17. The summed E-state index contributed by atoms with van der Waals surface area (Å²) in [6.07, 6.45) is 4.25. The van der Waals surface area contributed by atoms with E-state index in [0.29, 0.717) is 18.7 Å². The Labute approximate surface area is 122 Å². The molecule has 0 spiro atoms. The van der Waals surface area contributed by atoms with Gasteiger partial charge in [0.05, 0.1) is 12.7 Å². The summed E-state index contributed by atoms with van der Waals surface area (Å²) in [7, 11) is 0.814. The maximum atomic E-state index is 12.3. The predicted octanol–water partition coefficient (Wildman–Crippen LogP) is 2.05. The van der Waals surface area contributed by atoms with Crippen molar-refractivity contribution < 1.29 is 14.1 Å². The second-order valence-corrected chi connectivity index (χ2v) is 7.92. The zero-order valence-corrected chi connectivity index (χ0v) is 12.8. The molecular weight excluding hydrogens is 274 g/mol. The van der Waals surface area contributed by atoms with Crippen molar-refractivity contribution in [3.8, 4) is 5.88 Å². The Morgan fingerprint density at radius 2 is 2.00 bits per heavy atom. The Morgan fingerprint density at radius 3 is 2.55 bits per heavy atom. The van der Waals surface area contributed by atoms with Crippen LogP contribution in [0.3, 0.4) is 0 Å². The van der Waals surface area contributed by atoms with Gasteiger partial charge in [-0.2, -0.15) is 0 Å². The van der Waals surface area contributed by atoms with Gasteiger partial charge < -0.3 is 9.84 Å². The number of hydrogen-bond acceptors (Lipinski definition) is 4. The Hall–Kier alpha value is -0.940. The van der Waals surface area contributed by atoms with Gasteiger partial charge >= 0.3 is 0 Å². The maximum Gasteiger partial charge on any atom is 0.213 e. The molecule has 3 rings (SSSR count). The van der Waals surface area contributed by atoms with Crippen LogP contribution in [0.25, 0.3) is 0 Å². The summed E-state index contributed by atoms with van der Waals surface area (Å²) in [5.41, 5.74) is 0.789. The molecule has 2 aliphatic heterocycles. The van der Waals surface area contributed by atoms with E-state index in [1.165, 1.54) is 0 Å². The Bertz CT molecular complexity index is 530. The predicted molar refractivity (Wildman–Crippen MR) is 78.2 cm³/mol. The summed E-state index contributed by atoms with van der Waals surface area (Å²) in [4.78, 5) is 4.37. The summed E-state index contributed by atoms with van der Waals surface area (Å²) >= 11 is 0. The Morgan fingerprint density at radius 1 is 1.35 bits per heavy atom. The van der Waals surface area contributed by atoms with Crippen molar-refractivity contribution in [2.75, 3.05) is 7.11 Å². The SMILES string of the molecule is COc1ccc(C2(O)CC3CCCC(C2)S3=O)c(C)n1. The van der Waals surface area contributed by atoms with Crippen LogP contribution in [-0.2, 0) is 16.4 Å². The van der Waals surface area contributed by atoms with Crippen molar-refractivity contribution in [2.24, 2.45) is 0 Å². The van der Waals surface area contributed by atoms with Crippen molar-refractivity contribution >= 4 is 10.8 Å². The van der Waals surface area contributed by atoms with E-state index in [4.69, 9.17) is 4.74 Å². The van der Waals surface area contributed by atoms with Crippen LogP contribution in [0.2, 0.25) is 0 Å². The smallest absolute Gasteiger partial charge is 0.213 e. The lowest BCUT2D eigenvalue weighted by atomic mass is 9.80. The topological polar surface area (TPSA) is 59.4 Å².